The normalized spacial score (nSPS) is 20.7. The summed E-state index contributed by atoms with van der Waals surface area (Å²) >= 11 is 0. The molecule has 360 valence electrons. The highest BCUT2D eigenvalue weighted by atomic mass is 31.2. The van der Waals surface area contributed by atoms with Crippen molar-refractivity contribution in [3.05, 3.63) is 36.5 Å². The van der Waals surface area contributed by atoms with Gasteiger partial charge in [0.05, 0.1) is 31.5 Å². The second kappa shape index (κ2) is 36.8. The van der Waals surface area contributed by atoms with Crippen LogP contribution in [0.3, 0.4) is 0 Å². The molecule has 1 saturated heterocycles. The number of rotatable bonds is 39. The average molecular weight is 904 g/mol. The van der Waals surface area contributed by atoms with Crippen LogP contribution in [0.2, 0.25) is 0 Å². The Hall–Kier alpha value is -2.46. The van der Waals surface area contributed by atoms with Crippen LogP contribution in [0.15, 0.2) is 36.5 Å². The second-order valence-corrected chi connectivity index (χ2v) is 17.9. The number of carbonyl (C=O) groups excluding carboxylic acids is 2. The van der Waals surface area contributed by atoms with Crippen molar-refractivity contribution in [3.63, 3.8) is 0 Å². The zero-order valence-corrected chi connectivity index (χ0v) is 38.6. The molecule has 0 aromatic carbocycles. The molecule has 62 heavy (non-hydrogen) atoms. The van der Waals surface area contributed by atoms with Crippen LogP contribution in [-0.4, -0.2) is 99.8 Å². The van der Waals surface area contributed by atoms with Crippen molar-refractivity contribution < 1.29 is 67.5 Å². The molecule has 1 fully saturated rings. The predicted octanol–water partition coefficient (Wildman–Crippen LogP) is 8.50. The Kier molecular flexibility index (Phi) is 34.2. The number of hydrogen-bond acceptors (Lipinski definition) is 13. The molecule has 0 saturated carbocycles. The number of ether oxygens (including phenoxy) is 3. The highest BCUT2D eigenvalue weighted by Gasteiger charge is 2.35. The standard InChI is InChI=1S/C46H82NO14P/c1-3-5-7-8-9-10-11-12-13-14-15-16-17-18-19-20-25-29-43(50)57-34-38(35-58-62(55,56)59-36-40(47)46(53)54)60-44(51)30-26-22-21-24-28-39-41(49)33-45(52)61-42(39)32-31-37(48)27-23-6-4-2/h12-13,21,24,31-32,37-42,45,48-49,52H,3-11,14-20,22-23,25-30,33-36,47H2,1-2H3,(H,53,54)(H,55,56)/b13-12-,24-21-,32-31+/t37-,38+,39-,40-,41-,42+,45?/m0/s1. The Balaban J connectivity index is 2.51. The summed E-state index contributed by atoms with van der Waals surface area (Å²) < 4.78 is 38.4. The van der Waals surface area contributed by atoms with E-state index in [1.807, 2.05) is 12.2 Å². The lowest BCUT2D eigenvalue weighted by atomic mass is 9.87. The van der Waals surface area contributed by atoms with Gasteiger partial charge in [0.1, 0.15) is 12.6 Å². The van der Waals surface area contributed by atoms with Gasteiger partial charge in [0.15, 0.2) is 12.4 Å². The summed E-state index contributed by atoms with van der Waals surface area (Å²) in [5, 5.41) is 39.9. The van der Waals surface area contributed by atoms with Gasteiger partial charge in [0.2, 0.25) is 0 Å². The monoisotopic (exact) mass is 904 g/mol. The molecular weight excluding hydrogens is 821 g/mol. The SMILES string of the molecule is CCCCCCCC/C=C\CCCCCCCCCC(=O)OC[C@H](COP(=O)(O)OC[C@H](N)C(=O)O)OC(=O)CCC/C=C\C[C@H]1[C@@H](O)CC(O)O[C@@H]1/C=C/[C@@H](O)CCCCC. The zero-order chi connectivity index (χ0) is 45.9. The van der Waals surface area contributed by atoms with Crippen LogP contribution in [0.1, 0.15) is 174 Å². The fourth-order valence-corrected chi connectivity index (χ4v) is 7.64. The van der Waals surface area contributed by atoms with Crippen molar-refractivity contribution >= 4 is 25.7 Å². The van der Waals surface area contributed by atoms with Gasteiger partial charge in [-0.25, -0.2) is 4.57 Å². The van der Waals surface area contributed by atoms with Gasteiger partial charge in [0.25, 0.3) is 0 Å². The number of aliphatic hydroxyl groups excluding tert-OH is 3. The number of unbranched alkanes of at least 4 members (excludes halogenated alkanes) is 16. The van der Waals surface area contributed by atoms with Gasteiger partial charge in [-0.05, 0) is 57.8 Å². The van der Waals surface area contributed by atoms with Crippen molar-refractivity contribution in [2.24, 2.45) is 11.7 Å². The van der Waals surface area contributed by atoms with Crippen molar-refractivity contribution in [1.29, 1.82) is 0 Å². The lowest BCUT2D eigenvalue weighted by molar-refractivity contribution is -0.199. The summed E-state index contributed by atoms with van der Waals surface area (Å²) in [5.74, 6) is -2.97. The maximum Gasteiger partial charge on any atom is 0.472 e. The average Bonchev–Trinajstić information content (AvgIpc) is 3.23. The summed E-state index contributed by atoms with van der Waals surface area (Å²) in [6.45, 7) is 2.42. The van der Waals surface area contributed by atoms with Crippen molar-refractivity contribution in [2.75, 3.05) is 19.8 Å². The number of aliphatic hydroxyl groups is 3. The third-order valence-corrected chi connectivity index (χ3v) is 11.6. The van der Waals surface area contributed by atoms with Gasteiger partial charge < -0.3 is 45.3 Å². The topological polar surface area (TPSA) is 242 Å². The molecule has 0 spiro atoms. The van der Waals surface area contributed by atoms with E-state index < -0.39 is 82.3 Å². The largest absolute Gasteiger partial charge is 0.480 e. The number of phosphoric acid groups is 1. The quantitative estimate of drug-likeness (QED) is 0.0147. The number of phosphoric ester groups is 1. The lowest BCUT2D eigenvalue weighted by Gasteiger charge is -2.36. The molecular formula is C46H82NO14P. The Bertz CT molecular complexity index is 1310. The van der Waals surface area contributed by atoms with E-state index in [0.29, 0.717) is 32.1 Å². The third-order valence-electron chi connectivity index (χ3n) is 10.7. The predicted molar refractivity (Wildman–Crippen MR) is 239 cm³/mol. The van der Waals surface area contributed by atoms with E-state index in [1.54, 1.807) is 12.2 Å². The number of carboxylic acid groups (broad SMARTS) is 1. The first-order valence-electron chi connectivity index (χ1n) is 23.4. The first-order chi connectivity index (χ1) is 29.8. The number of carbonyl (C=O) groups is 3. The number of hydrogen-bond donors (Lipinski definition) is 6. The van der Waals surface area contributed by atoms with Crippen LogP contribution in [0.4, 0.5) is 0 Å². The maximum absolute atomic E-state index is 12.8. The number of aliphatic carboxylic acids is 1. The Morgan fingerprint density at radius 1 is 0.742 bits per heavy atom. The van der Waals surface area contributed by atoms with Crippen molar-refractivity contribution in [2.45, 2.75) is 211 Å². The number of nitrogens with two attached hydrogens (primary N) is 1. The van der Waals surface area contributed by atoms with E-state index in [1.165, 1.54) is 57.8 Å². The molecule has 16 heteroatoms. The molecule has 1 aliphatic rings. The van der Waals surface area contributed by atoms with Gasteiger partial charge >= 0.3 is 25.7 Å². The van der Waals surface area contributed by atoms with Crippen molar-refractivity contribution in [1.82, 2.24) is 0 Å². The molecule has 0 amide bonds. The zero-order valence-electron chi connectivity index (χ0n) is 37.7. The molecule has 2 unspecified atom stereocenters. The summed E-state index contributed by atoms with van der Waals surface area (Å²) in [5.41, 5.74) is 5.34. The Labute approximate surface area is 371 Å². The molecule has 1 rings (SSSR count). The molecule has 8 atom stereocenters. The van der Waals surface area contributed by atoms with Crippen LogP contribution in [0.5, 0.6) is 0 Å². The van der Waals surface area contributed by atoms with E-state index in [4.69, 9.17) is 29.6 Å². The molecule has 1 heterocycles. The number of allylic oxidation sites excluding steroid dienone is 4. The highest BCUT2D eigenvalue weighted by Crippen LogP contribution is 2.43. The molecule has 15 nitrogen and oxygen atoms in total. The summed E-state index contributed by atoms with van der Waals surface area (Å²) in [7, 11) is -4.80. The number of carboxylic acids is 1. The van der Waals surface area contributed by atoms with Crippen LogP contribution in [-0.2, 0) is 42.2 Å². The minimum Gasteiger partial charge on any atom is -0.480 e. The maximum atomic E-state index is 12.8. The highest BCUT2D eigenvalue weighted by molar-refractivity contribution is 7.47. The van der Waals surface area contributed by atoms with Gasteiger partial charge in [-0.1, -0.05) is 134 Å². The van der Waals surface area contributed by atoms with E-state index in [0.717, 1.165) is 51.4 Å². The molecule has 0 aromatic heterocycles. The van der Waals surface area contributed by atoms with E-state index in [-0.39, 0.29) is 25.2 Å². The second-order valence-electron chi connectivity index (χ2n) is 16.4. The molecule has 0 aliphatic carbocycles. The van der Waals surface area contributed by atoms with Gasteiger partial charge in [-0.3, -0.25) is 23.4 Å². The van der Waals surface area contributed by atoms with E-state index in [2.05, 4.69) is 30.5 Å². The van der Waals surface area contributed by atoms with Gasteiger partial charge in [-0.2, -0.15) is 0 Å². The van der Waals surface area contributed by atoms with Gasteiger partial charge in [0, 0.05) is 25.2 Å². The smallest absolute Gasteiger partial charge is 0.472 e. The fraction of sp³-hybridized carbons (Fsp3) is 0.804. The summed E-state index contributed by atoms with van der Waals surface area (Å²) in [6, 6.07) is -1.57. The number of esters is 2. The lowest BCUT2D eigenvalue weighted by Crippen LogP contribution is -2.43. The van der Waals surface area contributed by atoms with Crippen LogP contribution >= 0.6 is 7.82 Å². The molecule has 7 N–H and O–H groups in total. The fourth-order valence-electron chi connectivity index (χ4n) is 6.86. The molecule has 0 bridgehead atoms. The molecule has 0 radical (unpaired) electrons. The summed E-state index contributed by atoms with van der Waals surface area (Å²) in [6.07, 6.45) is 29.6. The van der Waals surface area contributed by atoms with Crippen LogP contribution in [0.25, 0.3) is 0 Å². The Morgan fingerprint density at radius 2 is 1.29 bits per heavy atom. The first-order valence-corrected chi connectivity index (χ1v) is 24.9. The van der Waals surface area contributed by atoms with E-state index in [9.17, 15) is 39.2 Å². The minimum absolute atomic E-state index is 0.0336. The summed E-state index contributed by atoms with van der Waals surface area (Å²) in [4.78, 5) is 46.3. The first kappa shape index (κ1) is 57.6. The minimum atomic E-state index is -4.80. The van der Waals surface area contributed by atoms with Gasteiger partial charge in [-0.15, -0.1) is 0 Å². The van der Waals surface area contributed by atoms with Crippen LogP contribution < -0.4 is 5.73 Å². The van der Waals surface area contributed by atoms with Crippen LogP contribution in [0, 0.1) is 5.92 Å². The third kappa shape index (κ3) is 31.4. The molecule has 1 aliphatic heterocycles. The van der Waals surface area contributed by atoms with Crippen molar-refractivity contribution in [3.8, 4) is 0 Å². The van der Waals surface area contributed by atoms with E-state index >= 15 is 0 Å². The molecule has 0 aromatic rings. The Morgan fingerprint density at radius 3 is 1.94 bits per heavy atom.